The number of nitrogens with zero attached hydrogens (tertiary/aromatic N) is 1. The maximum absolute atomic E-state index is 12.1. The molecule has 0 saturated carbocycles. The summed E-state index contributed by atoms with van der Waals surface area (Å²) in [7, 11) is 0. The number of aromatic carboxylic acids is 1. The van der Waals surface area contributed by atoms with E-state index in [9.17, 15) is 9.59 Å². The van der Waals surface area contributed by atoms with E-state index >= 15 is 0 Å². The number of hydrogen-bond acceptors (Lipinski definition) is 3. The average molecular weight is 356 g/mol. The molecule has 0 aliphatic carbocycles. The minimum Gasteiger partial charge on any atom is -0.478 e. The largest absolute Gasteiger partial charge is 0.478 e. The number of pyridine rings is 1. The van der Waals surface area contributed by atoms with E-state index in [4.69, 9.17) is 16.7 Å². The van der Waals surface area contributed by atoms with Crippen LogP contribution >= 0.6 is 27.5 Å². The van der Waals surface area contributed by atoms with Crippen molar-refractivity contribution in [2.24, 2.45) is 0 Å². The van der Waals surface area contributed by atoms with E-state index in [1.54, 1.807) is 6.07 Å². The number of amides is 1. The summed E-state index contributed by atoms with van der Waals surface area (Å²) in [4.78, 5) is 27.1. The molecule has 2 aromatic rings. The number of anilines is 1. The van der Waals surface area contributed by atoms with Gasteiger partial charge in [0.25, 0.3) is 5.91 Å². The van der Waals surface area contributed by atoms with Crippen LogP contribution in [-0.4, -0.2) is 22.0 Å². The summed E-state index contributed by atoms with van der Waals surface area (Å²) in [5.41, 5.74) is 0.349. The van der Waals surface area contributed by atoms with Gasteiger partial charge >= 0.3 is 5.97 Å². The third-order valence-electron chi connectivity index (χ3n) is 2.46. The highest BCUT2D eigenvalue weighted by Gasteiger charge is 2.16. The molecule has 0 aliphatic heterocycles. The van der Waals surface area contributed by atoms with Crippen LogP contribution in [0, 0.1) is 0 Å². The summed E-state index contributed by atoms with van der Waals surface area (Å²) in [6.45, 7) is 0. The summed E-state index contributed by atoms with van der Waals surface area (Å²) in [5, 5.41) is 11.7. The quantitative estimate of drug-likeness (QED) is 0.827. The van der Waals surface area contributed by atoms with E-state index in [0.717, 1.165) is 0 Å². The van der Waals surface area contributed by atoms with Crippen molar-refractivity contribution in [2.45, 2.75) is 0 Å². The topological polar surface area (TPSA) is 79.3 Å². The molecule has 0 saturated heterocycles. The van der Waals surface area contributed by atoms with Gasteiger partial charge in [0.2, 0.25) is 0 Å². The van der Waals surface area contributed by atoms with Gasteiger partial charge in [-0.2, -0.15) is 0 Å². The lowest BCUT2D eigenvalue weighted by Crippen LogP contribution is -2.15. The highest BCUT2D eigenvalue weighted by molar-refractivity contribution is 9.10. The van der Waals surface area contributed by atoms with Crippen LogP contribution in [0.15, 0.2) is 41.1 Å². The van der Waals surface area contributed by atoms with E-state index in [2.05, 4.69) is 26.2 Å². The third-order valence-corrected chi connectivity index (χ3v) is 3.21. The van der Waals surface area contributed by atoms with Crippen molar-refractivity contribution in [1.29, 1.82) is 0 Å². The molecule has 20 heavy (non-hydrogen) atoms. The van der Waals surface area contributed by atoms with Gasteiger partial charge in [0, 0.05) is 11.8 Å². The van der Waals surface area contributed by atoms with E-state index < -0.39 is 11.9 Å². The van der Waals surface area contributed by atoms with Gasteiger partial charge in [-0.3, -0.25) is 4.79 Å². The Kier molecular flexibility index (Phi) is 4.36. The zero-order valence-electron chi connectivity index (χ0n) is 9.93. The smallest absolute Gasteiger partial charge is 0.339 e. The number of carboxylic acids is 1. The molecule has 2 N–H and O–H groups in total. The number of benzene rings is 1. The Morgan fingerprint density at radius 2 is 2.05 bits per heavy atom. The minimum atomic E-state index is -1.21. The van der Waals surface area contributed by atoms with Crippen molar-refractivity contribution in [3.05, 3.63) is 57.3 Å². The monoisotopic (exact) mass is 354 g/mol. The van der Waals surface area contributed by atoms with Crippen LogP contribution in [0.3, 0.4) is 0 Å². The van der Waals surface area contributed by atoms with Crippen LogP contribution in [0.2, 0.25) is 5.02 Å². The summed E-state index contributed by atoms with van der Waals surface area (Å²) < 4.78 is 0.509. The maximum atomic E-state index is 12.1. The number of carbonyl (C=O) groups excluding carboxylic acids is 1. The second-order valence-corrected chi connectivity index (χ2v) is 5.01. The second kappa shape index (κ2) is 6.02. The van der Waals surface area contributed by atoms with Gasteiger partial charge in [-0.25, -0.2) is 9.78 Å². The van der Waals surface area contributed by atoms with Crippen LogP contribution in [0.25, 0.3) is 0 Å². The molecule has 5 nitrogen and oxygen atoms in total. The molecule has 0 spiro atoms. The van der Waals surface area contributed by atoms with Crippen LogP contribution in [0.5, 0.6) is 0 Å². The van der Waals surface area contributed by atoms with Crippen molar-refractivity contribution in [3.63, 3.8) is 0 Å². The Morgan fingerprint density at radius 3 is 2.70 bits per heavy atom. The highest BCUT2D eigenvalue weighted by Crippen LogP contribution is 2.25. The number of hydrogen-bond donors (Lipinski definition) is 2. The number of nitrogens with one attached hydrogen (secondary N) is 1. The van der Waals surface area contributed by atoms with Gasteiger partial charge < -0.3 is 10.4 Å². The van der Waals surface area contributed by atoms with Crippen molar-refractivity contribution < 1.29 is 14.7 Å². The fourth-order valence-electron chi connectivity index (χ4n) is 1.58. The van der Waals surface area contributed by atoms with E-state index in [1.165, 1.54) is 30.5 Å². The van der Waals surface area contributed by atoms with E-state index in [1.807, 2.05) is 0 Å². The van der Waals surface area contributed by atoms with Crippen molar-refractivity contribution in [2.75, 3.05) is 5.32 Å². The van der Waals surface area contributed by atoms with Crippen molar-refractivity contribution in [1.82, 2.24) is 4.98 Å². The fraction of sp³-hybridized carbons (Fsp3) is 0. The zero-order valence-corrected chi connectivity index (χ0v) is 12.3. The average Bonchev–Trinajstić information content (AvgIpc) is 2.38. The van der Waals surface area contributed by atoms with Gasteiger partial charge in [0.05, 0.1) is 10.7 Å². The number of rotatable bonds is 3. The normalized spacial score (nSPS) is 10.1. The van der Waals surface area contributed by atoms with Gasteiger partial charge in [-0.1, -0.05) is 17.7 Å². The molecule has 0 unspecified atom stereocenters. The first-order valence-corrected chi connectivity index (χ1v) is 6.61. The molecular weight excluding hydrogens is 348 g/mol. The fourth-order valence-corrected chi connectivity index (χ4v) is 2.20. The van der Waals surface area contributed by atoms with Crippen molar-refractivity contribution in [3.8, 4) is 0 Å². The van der Waals surface area contributed by atoms with Crippen LogP contribution < -0.4 is 5.32 Å². The lowest BCUT2D eigenvalue weighted by Gasteiger charge is -2.09. The van der Waals surface area contributed by atoms with Crippen LogP contribution in [0.4, 0.5) is 5.69 Å². The molecule has 1 amide bonds. The molecule has 0 aliphatic rings. The van der Waals surface area contributed by atoms with Gasteiger partial charge in [-0.15, -0.1) is 0 Å². The summed E-state index contributed by atoms with van der Waals surface area (Å²) in [5.74, 6) is -1.65. The summed E-state index contributed by atoms with van der Waals surface area (Å²) in [6.07, 6.45) is 1.47. The van der Waals surface area contributed by atoms with Crippen LogP contribution in [-0.2, 0) is 0 Å². The van der Waals surface area contributed by atoms with E-state index in [-0.39, 0.29) is 16.3 Å². The maximum Gasteiger partial charge on any atom is 0.339 e. The predicted molar refractivity (Wildman–Crippen MR) is 78.3 cm³/mol. The molecule has 0 atom stereocenters. The third kappa shape index (κ3) is 3.15. The lowest BCUT2D eigenvalue weighted by molar-refractivity contribution is 0.0698. The van der Waals surface area contributed by atoms with Gasteiger partial charge in [0.15, 0.2) is 0 Å². The lowest BCUT2D eigenvalue weighted by atomic mass is 10.1. The number of aromatic nitrogens is 1. The van der Waals surface area contributed by atoms with Crippen LogP contribution in [0.1, 0.15) is 20.7 Å². The number of halogens is 2. The van der Waals surface area contributed by atoms with Gasteiger partial charge in [0.1, 0.15) is 10.2 Å². The molecule has 1 aromatic heterocycles. The number of carbonyl (C=O) groups is 2. The first-order valence-electron chi connectivity index (χ1n) is 5.44. The first-order chi connectivity index (χ1) is 9.49. The predicted octanol–water partition coefficient (Wildman–Crippen LogP) is 3.45. The zero-order chi connectivity index (χ0) is 14.7. The molecule has 102 valence electrons. The van der Waals surface area contributed by atoms with E-state index in [0.29, 0.717) is 10.2 Å². The Hall–Kier alpha value is -1.92. The molecule has 0 bridgehead atoms. The second-order valence-electron chi connectivity index (χ2n) is 3.79. The summed E-state index contributed by atoms with van der Waals surface area (Å²) in [6, 6.07) is 7.53. The molecule has 0 radical (unpaired) electrons. The Bertz CT molecular complexity index is 691. The molecule has 0 fully saturated rings. The van der Waals surface area contributed by atoms with Gasteiger partial charge in [-0.05, 0) is 40.2 Å². The highest BCUT2D eigenvalue weighted by atomic mass is 79.9. The van der Waals surface area contributed by atoms with Crippen molar-refractivity contribution >= 4 is 45.1 Å². The molecule has 1 heterocycles. The molecular formula is C13H8BrClN2O3. The number of carboxylic acid groups (broad SMARTS) is 1. The molecule has 1 aromatic carbocycles. The summed E-state index contributed by atoms with van der Waals surface area (Å²) >= 11 is 8.99. The Labute approximate surface area is 127 Å². The Balaban J connectivity index is 2.33. The standard InChI is InChI=1S/C13H8BrClN2O3/c14-10-6-7(4-5-16-10)12(18)17-9-3-1-2-8(15)11(9)13(19)20/h1-6H,(H,17,18)(H,19,20). The first kappa shape index (κ1) is 14.5. The Morgan fingerprint density at radius 1 is 1.30 bits per heavy atom. The minimum absolute atomic E-state index is 0.0613. The molecule has 7 heteroatoms. The SMILES string of the molecule is O=C(Nc1cccc(Cl)c1C(=O)O)c1ccnc(Br)c1. The molecule has 2 rings (SSSR count).